The molecule has 2 amide bonds. The Balaban J connectivity index is 1.27. The number of imide groups is 1. The number of hydrogen-bond donors (Lipinski definition) is 0. The molecule has 1 fully saturated rings. The lowest BCUT2D eigenvalue weighted by molar-refractivity contribution is 0.0474. The lowest BCUT2D eigenvalue weighted by Gasteiger charge is -2.15. The maximum Gasteiger partial charge on any atom is 0.338 e. The molecule has 8 nitrogen and oxygen atoms in total. The van der Waals surface area contributed by atoms with Crippen LogP contribution in [-0.2, 0) is 16.0 Å². The lowest BCUT2D eigenvalue weighted by atomic mass is 10.1. The molecule has 0 radical (unpaired) electrons. The Labute approximate surface area is 208 Å². The van der Waals surface area contributed by atoms with Gasteiger partial charge < -0.3 is 14.0 Å². The summed E-state index contributed by atoms with van der Waals surface area (Å²) in [6.07, 6.45) is 2.18. The van der Waals surface area contributed by atoms with E-state index in [-0.39, 0.29) is 23.1 Å². The van der Waals surface area contributed by atoms with Gasteiger partial charge in [-0.15, -0.1) is 0 Å². The van der Waals surface area contributed by atoms with Gasteiger partial charge in [-0.1, -0.05) is 18.2 Å². The fourth-order valence-corrected chi connectivity index (χ4v) is 4.84. The van der Waals surface area contributed by atoms with Crippen molar-refractivity contribution >= 4 is 29.3 Å². The number of nitrogens with zero attached hydrogens (tertiary/aromatic N) is 2. The molecule has 2 aromatic carbocycles. The standard InChI is InChI=1S/C28H26N2O6/c1-17-13-24(18(2)29(17)15-21-9-6-12-35-21)25(31)16-36-28(34)19-7-5-8-20(14-19)30-26(32)22-10-3-4-11-23(22)27(30)33/h3-5,7-8,10-11,13-14,21H,6,9,12,15-16H2,1-2H3/t21-/m0/s1. The first kappa shape index (κ1) is 23.7. The number of amides is 2. The minimum Gasteiger partial charge on any atom is -0.454 e. The van der Waals surface area contributed by atoms with E-state index in [0.717, 1.165) is 35.7 Å². The normalized spacial score (nSPS) is 16.9. The van der Waals surface area contributed by atoms with Gasteiger partial charge in [0.15, 0.2) is 6.61 Å². The van der Waals surface area contributed by atoms with Crippen molar-refractivity contribution in [1.82, 2.24) is 4.57 Å². The number of aryl methyl sites for hydroxylation is 1. The number of fused-ring (bicyclic) bond motifs is 1. The number of aromatic nitrogens is 1. The van der Waals surface area contributed by atoms with Crippen LogP contribution >= 0.6 is 0 Å². The van der Waals surface area contributed by atoms with Gasteiger partial charge >= 0.3 is 5.97 Å². The number of Topliss-reactive ketones (excluding diaryl/α,β-unsaturated/α-hetero) is 1. The predicted molar refractivity (Wildman–Crippen MR) is 132 cm³/mol. The van der Waals surface area contributed by atoms with E-state index in [1.807, 2.05) is 19.9 Å². The summed E-state index contributed by atoms with van der Waals surface area (Å²) in [4.78, 5) is 52.2. The Hall–Kier alpha value is -4.04. The van der Waals surface area contributed by atoms with Crippen LogP contribution in [0.1, 0.15) is 65.7 Å². The summed E-state index contributed by atoms with van der Waals surface area (Å²) in [5.74, 6) is -1.91. The molecule has 3 heterocycles. The highest BCUT2D eigenvalue weighted by molar-refractivity contribution is 6.34. The van der Waals surface area contributed by atoms with Gasteiger partial charge in [-0.25, -0.2) is 9.69 Å². The predicted octanol–water partition coefficient (Wildman–Crippen LogP) is 4.12. The Kier molecular flexibility index (Phi) is 6.28. The van der Waals surface area contributed by atoms with E-state index in [2.05, 4.69) is 4.57 Å². The molecule has 36 heavy (non-hydrogen) atoms. The molecule has 0 saturated carbocycles. The molecule has 1 aromatic heterocycles. The van der Waals surface area contributed by atoms with E-state index in [4.69, 9.17) is 9.47 Å². The third-order valence-corrected chi connectivity index (χ3v) is 6.75. The van der Waals surface area contributed by atoms with Crippen LogP contribution in [-0.4, -0.2) is 47.5 Å². The maximum absolute atomic E-state index is 12.9. The van der Waals surface area contributed by atoms with Crippen LogP contribution in [0.5, 0.6) is 0 Å². The highest BCUT2D eigenvalue weighted by Gasteiger charge is 2.36. The van der Waals surface area contributed by atoms with Gasteiger partial charge in [-0.05, 0) is 63.1 Å². The molecule has 0 spiro atoms. The van der Waals surface area contributed by atoms with Gasteiger partial charge in [0.05, 0.1) is 28.5 Å². The third-order valence-electron chi connectivity index (χ3n) is 6.75. The number of carbonyl (C=O) groups excluding carboxylic acids is 4. The molecular weight excluding hydrogens is 460 g/mol. The summed E-state index contributed by atoms with van der Waals surface area (Å²) in [5.41, 5.74) is 3.32. The molecule has 184 valence electrons. The van der Waals surface area contributed by atoms with Crippen LogP contribution < -0.4 is 4.90 Å². The molecule has 0 aliphatic carbocycles. The number of carbonyl (C=O) groups is 4. The minimum absolute atomic E-state index is 0.140. The van der Waals surface area contributed by atoms with Crippen LogP contribution in [0.15, 0.2) is 54.6 Å². The van der Waals surface area contributed by atoms with Crippen molar-refractivity contribution in [2.45, 2.75) is 39.3 Å². The average molecular weight is 487 g/mol. The largest absolute Gasteiger partial charge is 0.454 e. The highest BCUT2D eigenvalue weighted by atomic mass is 16.5. The molecule has 1 atom stereocenters. The van der Waals surface area contributed by atoms with Gasteiger partial charge in [-0.3, -0.25) is 14.4 Å². The molecule has 1 saturated heterocycles. The highest BCUT2D eigenvalue weighted by Crippen LogP contribution is 2.29. The lowest BCUT2D eigenvalue weighted by Crippen LogP contribution is -2.29. The van der Waals surface area contributed by atoms with Gasteiger partial charge in [-0.2, -0.15) is 0 Å². The number of anilines is 1. The summed E-state index contributed by atoms with van der Waals surface area (Å²) in [6, 6.07) is 14.5. The molecule has 5 rings (SSSR count). The van der Waals surface area contributed by atoms with Crippen molar-refractivity contribution in [2.24, 2.45) is 0 Å². The molecule has 0 unspecified atom stereocenters. The van der Waals surface area contributed by atoms with Gasteiger partial charge in [0, 0.05) is 30.1 Å². The molecule has 8 heteroatoms. The molecule has 2 aliphatic rings. The minimum atomic E-state index is -0.713. The summed E-state index contributed by atoms with van der Waals surface area (Å²) in [6.45, 7) is 4.85. The van der Waals surface area contributed by atoms with Crippen molar-refractivity contribution in [3.05, 3.63) is 88.2 Å². The van der Waals surface area contributed by atoms with Crippen LogP contribution in [0.3, 0.4) is 0 Å². The van der Waals surface area contributed by atoms with Gasteiger partial charge in [0.1, 0.15) is 0 Å². The SMILES string of the molecule is Cc1cc(C(=O)COC(=O)c2cccc(N3C(=O)c4ccccc4C3=O)c2)c(C)n1C[C@@H]1CCCO1. The van der Waals surface area contributed by atoms with Gasteiger partial charge in [0.2, 0.25) is 5.78 Å². The van der Waals surface area contributed by atoms with Crippen LogP contribution in [0.4, 0.5) is 5.69 Å². The maximum atomic E-state index is 12.9. The van der Waals surface area contributed by atoms with Crippen LogP contribution in [0.2, 0.25) is 0 Å². The number of rotatable bonds is 7. The van der Waals surface area contributed by atoms with Crippen molar-refractivity contribution in [1.29, 1.82) is 0 Å². The zero-order valence-electron chi connectivity index (χ0n) is 20.2. The van der Waals surface area contributed by atoms with E-state index in [9.17, 15) is 19.2 Å². The van der Waals surface area contributed by atoms with E-state index in [1.165, 1.54) is 12.1 Å². The number of esters is 1. The first-order chi connectivity index (χ1) is 17.3. The van der Waals surface area contributed by atoms with Crippen molar-refractivity contribution in [3.63, 3.8) is 0 Å². The first-order valence-corrected chi connectivity index (χ1v) is 11.9. The Morgan fingerprint density at radius 1 is 1.00 bits per heavy atom. The monoisotopic (exact) mass is 486 g/mol. The zero-order chi connectivity index (χ0) is 25.4. The van der Waals surface area contributed by atoms with Gasteiger partial charge in [0.25, 0.3) is 11.8 Å². The Morgan fingerprint density at radius 2 is 1.72 bits per heavy atom. The van der Waals surface area contributed by atoms with Crippen molar-refractivity contribution < 1.29 is 28.7 Å². The smallest absolute Gasteiger partial charge is 0.338 e. The van der Waals surface area contributed by atoms with E-state index in [1.54, 1.807) is 36.4 Å². The van der Waals surface area contributed by atoms with Crippen molar-refractivity contribution in [2.75, 3.05) is 18.1 Å². The molecular formula is C28H26N2O6. The average Bonchev–Trinajstić information content (AvgIpc) is 3.57. The molecule has 0 N–H and O–H groups in total. The topological polar surface area (TPSA) is 94.9 Å². The quantitative estimate of drug-likeness (QED) is 0.283. The zero-order valence-corrected chi connectivity index (χ0v) is 20.2. The third kappa shape index (κ3) is 4.24. The van der Waals surface area contributed by atoms with Crippen LogP contribution in [0, 0.1) is 13.8 Å². The summed E-state index contributed by atoms with van der Waals surface area (Å²) in [7, 11) is 0. The summed E-state index contributed by atoms with van der Waals surface area (Å²) < 4.78 is 13.1. The molecule has 0 bridgehead atoms. The molecule has 2 aliphatic heterocycles. The Morgan fingerprint density at radius 3 is 2.39 bits per heavy atom. The van der Waals surface area contributed by atoms with Crippen molar-refractivity contribution in [3.8, 4) is 0 Å². The second-order valence-electron chi connectivity index (χ2n) is 9.07. The van der Waals surface area contributed by atoms with E-state index < -0.39 is 24.4 Å². The van der Waals surface area contributed by atoms with E-state index >= 15 is 0 Å². The Bertz CT molecular complexity index is 1350. The fraction of sp³-hybridized carbons (Fsp3) is 0.286. The second-order valence-corrected chi connectivity index (χ2v) is 9.07. The summed E-state index contributed by atoms with van der Waals surface area (Å²) in [5, 5.41) is 0. The number of ketones is 1. The van der Waals surface area contributed by atoms with E-state index in [0.29, 0.717) is 23.2 Å². The first-order valence-electron chi connectivity index (χ1n) is 11.9. The number of ether oxygens (including phenoxy) is 2. The fourth-order valence-electron chi connectivity index (χ4n) is 4.84. The second kappa shape index (κ2) is 9.54. The number of benzene rings is 2. The summed E-state index contributed by atoms with van der Waals surface area (Å²) >= 11 is 0. The number of hydrogen-bond acceptors (Lipinski definition) is 6. The van der Waals surface area contributed by atoms with Crippen LogP contribution in [0.25, 0.3) is 0 Å². The molecule has 3 aromatic rings.